The summed E-state index contributed by atoms with van der Waals surface area (Å²) in [5.74, 6) is 1.70. The zero-order valence-electron chi connectivity index (χ0n) is 15.4. The monoisotopic (exact) mass is 366 g/mol. The average molecular weight is 366 g/mol. The number of rotatable bonds is 7. The Morgan fingerprint density at radius 2 is 2.00 bits per heavy atom. The van der Waals surface area contributed by atoms with Gasteiger partial charge in [0.15, 0.2) is 17.5 Å². The molecule has 1 aromatic rings. The van der Waals surface area contributed by atoms with Gasteiger partial charge in [0, 0.05) is 11.1 Å². The predicted octanol–water partition coefficient (Wildman–Crippen LogP) is 2.58. The van der Waals surface area contributed by atoms with Crippen LogP contribution in [0.5, 0.6) is 11.5 Å². The number of carbonyl (C=O) groups is 1. The number of carboxylic acids is 1. The van der Waals surface area contributed by atoms with E-state index in [1.807, 2.05) is 18.4 Å². The molecule has 7 heteroatoms. The number of nitrogens with zero attached hydrogens (tertiary/aromatic N) is 1. The summed E-state index contributed by atoms with van der Waals surface area (Å²) in [6, 6.07) is 3.04. The summed E-state index contributed by atoms with van der Waals surface area (Å²) in [5.41, 5.74) is 1.70. The molecular weight excluding hydrogens is 340 g/mol. The molecule has 1 aliphatic heterocycles. The molecule has 1 aliphatic rings. The molecule has 0 aliphatic carbocycles. The van der Waals surface area contributed by atoms with Gasteiger partial charge in [-0.25, -0.2) is 4.79 Å². The quantitative estimate of drug-likeness (QED) is 0.772. The zero-order valence-corrected chi connectivity index (χ0v) is 16.2. The summed E-state index contributed by atoms with van der Waals surface area (Å²) in [6.45, 7) is 4.14. The SMILES string of the molecule is COc1cc2c(cc1OC)C(=N[C@@H](CCSC)C(=O)O)NC(C)(C)C2. The molecule has 6 nitrogen and oxygen atoms in total. The zero-order chi connectivity index (χ0) is 18.6. The van der Waals surface area contributed by atoms with Gasteiger partial charge in [0.05, 0.1) is 14.2 Å². The lowest BCUT2D eigenvalue weighted by Crippen LogP contribution is -2.50. The lowest BCUT2D eigenvalue weighted by atomic mass is 9.86. The molecule has 0 saturated heterocycles. The molecule has 1 atom stereocenters. The van der Waals surface area contributed by atoms with Crippen molar-refractivity contribution in [1.82, 2.24) is 5.32 Å². The van der Waals surface area contributed by atoms with E-state index in [2.05, 4.69) is 24.2 Å². The molecule has 0 bridgehead atoms. The smallest absolute Gasteiger partial charge is 0.328 e. The van der Waals surface area contributed by atoms with Gasteiger partial charge in [0.2, 0.25) is 0 Å². The highest BCUT2D eigenvalue weighted by Crippen LogP contribution is 2.34. The number of nitrogens with one attached hydrogen (secondary N) is 1. The van der Waals surface area contributed by atoms with Crippen molar-refractivity contribution in [2.75, 3.05) is 26.2 Å². The third kappa shape index (κ3) is 4.60. The Kier molecular flexibility index (Phi) is 6.21. The maximum atomic E-state index is 11.6. The van der Waals surface area contributed by atoms with E-state index < -0.39 is 12.0 Å². The topological polar surface area (TPSA) is 80.2 Å². The minimum Gasteiger partial charge on any atom is -0.493 e. The first-order chi connectivity index (χ1) is 11.8. The largest absolute Gasteiger partial charge is 0.493 e. The van der Waals surface area contributed by atoms with E-state index in [0.717, 1.165) is 23.3 Å². The molecule has 0 aromatic heterocycles. The Balaban J connectivity index is 2.52. The summed E-state index contributed by atoms with van der Waals surface area (Å²) < 4.78 is 10.8. The fourth-order valence-corrected chi connectivity index (χ4v) is 3.39. The standard InChI is InChI=1S/C18H26N2O4S/c1-18(2)10-11-8-14(23-3)15(24-4)9-12(11)16(20-18)19-13(17(21)22)6-7-25-5/h8-9,13H,6-7,10H2,1-5H3,(H,19,20)(H,21,22)/t13-/m0/s1. The molecule has 25 heavy (non-hydrogen) atoms. The molecule has 1 heterocycles. The van der Waals surface area contributed by atoms with Crippen molar-refractivity contribution in [3.63, 3.8) is 0 Å². The fraction of sp³-hybridized carbons (Fsp3) is 0.556. The molecule has 138 valence electrons. The number of carboxylic acid groups (broad SMARTS) is 1. The summed E-state index contributed by atoms with van der Waals surface area (Å²) in [7, 11) is 3.19. The first-order valence-corrected chi connectivity index (χ1v) is 9.53. The maximum absolute atomic E-state index is 11.6. The van der Waals surface area contributed by atoms with Crippen LogP contribution >= 0.6 is 11.8 Å². The first kappa shape index (κ1) is 19.4. The van der Waals surface area contributed by atoms with Gasteiger partial charge in [-0.3, -0.25) is 4.99 Å². The van der Waals surface area contributed by atoms with Crippen molar-refractivity contribution in [2.24, 2.45) is 4.99 Å². The van der Waals surface area contributed by atoms with Crippen molar-refractivity contribution in [1.29, 1.82) is 0 Å². The number of benzene rings is 1. The Labute approximate surface area is 153 Å². The van der Waals surface area contributed by atoms with E-state index in [9.17, 15) is 9.90 Å². The van der Waals surface area contributed by atoms with Gasteiger partial charge >= 0.3 is 5.97 Å². The van der Waals surface area contributed by atoms with Gasteiger partial charge < -0.3 is 19.9 Å². The van der Waals surface area contributed by atoms with E-state index in [1.165, 1.54) is 0 Å². The second-order valence-corrected chi connectivity index (χ2v) is 7.65. The van der Waals surface area contributed by atoms with Crippen LogP contribution in [0.2, 0.25) is 0 Å². The molecule has 2 rings (SSSR count). The fourth-order valence-electron chi connectivity index (χ4n) is 2.93. The van der Waals surface area contributed by atoms with Crippen LogP contribution in [0.4, 0.5) is 0 Å². The number of thioether (sulfide) groups is 1. The highest BCUT2D eigenvalue weighted by atomic mass is 32.2. The van der Waals surface area contributed by atoms with Gasteiger partial charge in [-0.05, 0) is 56.4 Å². The second kappa shape index (κ2) is 7.99. The number of methoxy groups -OCH3 is 2. The molecule has 2 N–H and O–H groups in total. The summed E-state index contributed by atoms with van der Waals surface area (Å²) in [6.07, 6.45) is 3.23. The molecule has 0 saturated carbocycles. The van der Waals surface area contributed by atoms with Crippen LogP contribution in [0.25, 0.3) is 0 Å². The van der Waals surface area contributed by atoms with Crippen LogP contribution in [-0.2, 0) is 11.2 Å². The number of aliphatic carboxylic acids is 1. The first-order valence-electron chi connectivity index (χ1n) is 8.14. The summed E-state index contributed by atoms with van der Waals surface area (Å²) in [4.78, 5) is 16.1. The number of aliphatic imine (C=N–C) groups is 1. The van der Waals surface area contributed by atoms with Crippen LogP contribution in [0.1, 0.15) is 31.4 Å². The van der Waals surface area contributed by atoms with Crippen LogP contribution < -0.4 is 14.8 Å². The Morgan fingerprint density at radius 1 is 1.36 bits per heavy atom. The van der Waals surface area contributed by atoms with Gasteiger partial charge in [-0.2, -0.15) is 11.8 Å². The highest BCUT2D eigenvalue weighted by molar-refractivity contribution is 7.98. The number of hydrogen-bond donors (Lipinski definition) is 2. The Hall–Kier alpha value is -1.89. The third-order valence-corrected chi connectivity index (χ3v) is 4.76. The predicted molar refractivity (Wildman–Crippen MR) is 101 cm³/mol. The third-order valence-electron chi connectivity index (χ3n) is 4.12. The van der Waals surface area contributed by atoms with E-state index >= 15 is 0 Å². The van der Waals surface area contributed by atoms with Crippen molar-refractivity contribution in [3.8, 4) is 11.5 Å². The minimum absolute atomic E-state index is 0.228. The van der Waals surface area contributed by atoms with Crippen LogP contribution in [0.3, 0.4) is 0 Å². The van der Waals surface area contributed by atoms with Crippen molar-refractivity contribution in [3.05, 3.63) is 23.3 Å². The van der Waals surface area contributed by atoms with Crippen molar-refractivity contribution >= 4 is 23.6 Å². The molecule has 0 fully saturated rings. The molecular formula is C18H26N2O4S. The van der Waals surface area contributed by atoms with Crippen molar-refractivity contribution in [2.45, 2.75) is 38.3 Å². The maximum Gasteiger partial charge on any atom is 0.328 e. The van der Waals surface area contributed by atoms with Crippen LogP contribution in [-0.4, -0.2) is 54.7 Å². The summed E-state index contributed by atoms with van der Waals surface area (Å²) in [5, 5.41) is 12.9. The lowest BCUT2D eigenvalue weighted by molar-refractivity contribution is -0.138. The molecule has 0 amide bonds. The van der Waals surface area contributed by atoms with Crippen molar-refractivity contribution < 1.29 is 19.4 Å². The van der Waals surface area contributed by atoms with Gasteiger partial charge in [-0.1, -0.05) is 0 Å². The molecule has 0 unspecified atom stereocenters. The number of amidine groups is 1. The second-order valence-electron chi connectivity index (χ2n) is 6.66. The van der Waals surface area contributed by atoms with Gasteiger partial charge in [-0.15, -0.1) is 0 Å². The molecule has 1 aromatic carbocycles. The van der Waals surface area contributed by atoms with Gasteiger partial charge in [0.25, 0.3) is 0 Å². The minimum atomic E-state index is -0.909. The van der Waals surface area contributed by atoms with Crippen LogP contribution in [0.15, 0.2) is 17.1 Å². The van der Waals surface area contributed by atoms with E-state index in [4.69, 9.17) is 9.47 Å². The highest BCUT2D eigenvalue weighted by Gasteiger charge is 2.31. The average Bonchev–Trinajstić information content (AvgIpc) is 2.56. The summed E-state index contributed by atoms with van der Waals surface area (Å²) >= 11 is 1.62. The number of hydrogen-bond acceptors (Lipinski definition) is 5. The Morgan fingerprint density at radius 3 is 2.56 bits per heavy atom. The Bertz CT molecular complexity index is 673. The van der Waals surface area contributed by atoms with E-state index in [0.29, 0.717) is 23.8 Å². The van der Waals surface area contributed by atoms with E-state index in [1.54, 1.807) is 26.0 Å². The number of ether oxygens (including phenoxy) is 2. The normalized spacial score (nSPS) is 18.2. The number of fused-ring (bicyclic) bond motifs is 1. The van der Waals surface area contributed by atoms with Gasteiger partial charge in [0.1, 0.15) is 5.84 Å². The van der Waals surface area contributed by atoms with E-state index in [-0.39, 0.29) is 5.54 Å². The molecule has 0 radical (unpaired) electrons. The van der Waals surface area contributed by atoms with Crippen LogP contribution in [0, 0.1) is 0 Å². The lowest BCUT2D eigenvalue weighted by Gasteiger charge is -2.35. The molecule has 0 spiro atoms.